The molecule has 2 rings (SSSR count). The van der Waals surface area contributed by atoms with E-state index in [2.05, 4.69) is 36.6 Å². The number of halogens is 4. The molecule has 0 saturated heterocycles. The Bertz CT molecular complexity index is 807. The van der Waals surface area contributed by atoms with Crippen LogP contribution in [0.15, 0.2) is 44.2 Å². The Hall–Kier alpha value is -0.830. The zero-order chi connectivity index (χ0) is 16.5. The monoisotopic (exact) mass is 471 g/mol. The molecule has 0 aliphatic heterocycles. The van der Waals surface area contributed by atoms with Crippen LogP contribution in [0.25, 0.3) is 0 Å². The Morgan fingerprint density at radius 2 is 1.77 bits per heavy atom. The summed E-state index contributed by atoms with van der Waals surface area (Å²) in [5, 5.41) is 0.207. The van der Waals surface area contributed by atoms with Gasteiger partial charge in [-0.05, 0) is 56.1 Å². The van der Waals surface area contributed by atoms with Crippen LogP contribution >= 0.6 is 43.5 Å². The van der Waals surface area contributed by atoms with Gasteiger partial charge in [0, 0.05) is 15.0 Å². The maximum atomic E-state index is 13.3. The predicted molar refractivity (Wildman–Crippen MR) is 90.6 cm³/mol. The molecule has 0 spiro atoms. The van der Waals surface area contributed by atoms with E-state index in [1.807, 2.05) is 0 Å². The van der Waals surface area contributed by atoms with Crippen molar-refractivity contribution in [1.82, 2.24) is 0 Å². The lowest BCUT2D eigenvalue weighted by Gasteiger charge is -2.13. The lowest BCUT2D eigenvalue weighted by atomic mass is 10.3. The Kier molecular flexibility index (Phi) is 5.37. The van der Waals surface area contributed by atoms with E-state index in [9.17, 15) is 12.8 Å². The Balaban J connectivity index is 2.49. The standard InChI is InChI=1S/C13H9Br2ClFNO3S/c1-21-8-2-3-11(16)12(6-8)18-22(19,20)13-9(14)4-7(17)5-10(13)15/h2-6,18H,1H3. The minimum atomic E-state index is -3.99. The fraction of sp³-hybridized carbons (Fsp3) is 0.0769. The molecule has 0 unspecified atom stereocenters. The van der Waals surface area contributed by atoms with E-state index in [0.717, 1.165) is 12.1 Å². The highest BCUT2D eigenvalue weighted by Gasteiger charge is 2.23. The summed E-state index contributed by atoms with van der Waals surface area (Å²) < 4.78 is 45.9. The second-order valence-corrected chi connectivity index (χ2v) is 7.88. The SMILES string of the molecule is COc1ccc(Cl)c(NS(=O)(=O)c2c(Br)cc(F)cc2Br)c1. The molecule has 22 heavy (non-hydrogen) atoms. The third-order valence-corrected chi connectivity index (χ3v) is 6.22. The smallest absolute Gasteiger partial charge is 0.264 e. The molecule has 0 aromatic heterocycles. The van der Waals surface area contributed by atoms with Crippen LogP contribution in [0.5, 0.6) is 5.75 Å². The maximum Gasteiger partial charge on any atom is 0.264 e. The average molecular weight is 474 g/mol. The second kappa shape index (κ2) is 6.74. The van der Waals surface area contributed by atoms with Crippen molar-refractivity contribution in [3.63, 3.8) is 0 Å². The van der Waals surface area contributed by atoms with E-state index >= 15 is 0 Å². The van der Waals surface area contributed by atoms with Gasteiger partial charge < -0.3 is 4.74 Å². The number of rotatable bonds is 4. The van der Waals surface area contributed by atoms with Crippen LogP contribution in [0.4, 0.5) is 10.1 Å². The van der Waals surface area contributed by atoms with Gasteiger partial charge in [0.2, 0.25) is 0 Å². The van der Waals surface area contributed by atoms with Crippen molar-refractivity contribution in [2.45, 2.75) is 4.90 Å². The highest BCUT2D eigenvalue weighted by molar-refractivity contribution is 9.11. The van der Waals surface area contributed by atoms with Crippen molar-refractivity contribution in [2.24, 2.45) is 0 Å². The van der Waals surface area contributed by atoms with E-state index in [1.54, 1.807) is 6.07 Å². The predicted octanol–water partition coefficient (Wildman–Crippen LogP) is 4.81. The van der Waals surface area contributed by atoms with Gasteiger partial charge in [-0.2, -0.15) is 0 Å². The van der Waals surface area contributed by atoms with Gasteiger partial charge in [-0.1, -0.05) is 11.6 Å². The summed E-state index contributed by atoms with van der Waals surface area (Å²) >= 11 is 12.1. The topological polar surface area (TPSA) is 55.4 Å². The molecule has 0 saturated carbocycles. The van der Waals surface area contributed by atoms with Crippen molar-refractivity contribution in [1.29, 1.82) is 0 Å². The summed E-state index contributed by atoms with van der Waals surface area (Å²) in [6, 6.07) is 6.68. The highest BCUT2D eigenvalue weighted by atomic mass is 79.9. The van der Waals surface area contributed by atoms with E-state index in [-0.39, 0.29) is 24.6 Å². The maximum absolute atomic E-state index is 13.3. The molecule has 9 heteroatoms. The third kappa shape index (κ3) is 3.73. The number of hydrogen-bond acceptors (Lipinski definition) is 3. The van der Waals surface area contributed by atoms with Gasteiger partial charge in [-0.3, -0.25) is 4.72 Å². The number of ether oxygens (including phenoxy) is 1. The summed E-state index contributed by atoms with van der Waals surface area (Å²) in [7, 11) is -2.54. The first kappa shape index (κ1) is 17.5. The number of sulfonamides is 1. The summed E-state index contributed by atoms with van der Waals surface area (Å²) in [6.45, 7) is 0. The largest absolute Gasteiger partial charge is 0.497 e. The molecular formula is C13H9Br2ClFNO3S. The molecule has 2 aromatic carbocycles. The number of nitrogens with one attached hydrogen (secondary N) is 1. The number of methoxy groups -OCH3 is 1. The molecule has 0 aliphatic rings. The van der Waals surface area contributed by atoms with E-state index < -0.39 is 15.8 Å². The first-order chi connectivity index (χ1) is 10.2. The third-order valence-electron chi connectivity index (χ3n) is 2.65. The van der Waals surface area contributed by atoms with Crippen LogP contribution in [0.2, 0.25) is 5.02 Å². The second-order valence-electron chi connectivity index (χ2n) is 4.15. The van der Waals surface area contributed by atoms with Gasteiger partial charge in [-0.25, -0.2) is 12.8 Å². The Morgan fingerprint density at radius 1 is 1.18 bits per heavy atom. The zero-order valence-corrected chi connectivity index (χ0v) is 15.8. The van der Waals surface area contributed by atoms with Crippen molar-refractivity contribution >= 4 is 59.2 Å². The van der Waals surface area contributed by atoms with Crippen molar-refractivity contribution < 1.29 is 17.5 Å². The number of anilines is 1. The summed E-state index contributed by atoms with van der Waals surface area (Å²) in [4.78, 5) is -0.132. The quantitative estimate of drug-likeness (QED) is 0.693. The Morgan fingerprint density at radius 3 is 2.32 bits per heavy atom. The molecule has 0 atom stereocenters. The van der Waals surface area contributed by atoms with Crippen LogP contribution in [-0.2, 0) is 10.0 Å². The van der Waals surface area contributed by atoms with E-state index in [1.165, 1.54) is 19.2 Å². The van der Waals surface area contributed by atoms with E-state index in [4.69, 9.17) is 16.3 Å². The molecule has 118 valence electrons. The summed E-state index contributed by atoms with van der Waals surface area (Å²) in [5.41, 5.74) is 0.157. The van der Waals surface area contributed by atoms with E-state index in [0.29, 0.717) is 5.75 Å². The van der Waals surface area contributed by atoms with Crippen LogP contribution in [0.3, 0.4) is 0 Å². The van der Waals surface area contributed by atoms with Crippen molar-refractivity contribution in [2.75, 3.05) is 11.8 Å². The minimum Gasteiger partial charge on any atom is -0.497 e. The highest BCUT2D eigenvalue weighted by Crippen LogP contribution is 2.34. The normalized spacial score (nSPS) is 11.3. The molecule has 0 bridgehead atoms. The molecular weight excluding hydrogens is 464 g/mol. The van der Waals surface area contributed by atoms with Crippen molar-refractivity contribution in [3.8, 4) is 5.75 Å². The van der Waals surface area contributed by atoms with Crippen LogP contribution in [0, 0.1) is 5.82 Å². The molecule has 4 nitrogen and oxygen atoms in total. The fourth-order valence-corrected chi connectivity index (χ4v) is 5.51. The van der Waals surface area contributed by atoms with Crippen LogP contribution in [-0.4, -0.2) is 15.5 Å². The van der Waals surface area contributed by atoms with Crippen molar-refractivity contribution in [3.05, 3.63) is 50.1 Å². The first-order valence-corrected chi connectivity index (χ1v) is 9.20. The van der Waals surface area contributed by atoms with Gasteiger partial charge >= 0.3 is 0 Å². The first-order valence-electron chi connectivity index (χ1n) is 5.75. The van der Waals surface area contributed by atoms with Crippen LogP contribution < -0.4 is 9.46 Å². The molecule has 0 fully saturated rings. The minimum absolute atomic E-state index is 0.0888. The van der Waals surface area contributed by atoms with Gasteiger partial charge in [0.25, 0.3) is 10.0 Å². The number of benzene rings is 2. The number of hydrogen-bond donors (Lipinski definition) is 1. The lowest BCUT2D eigenvalue weighted by molar-refractivity contribution is 0.415. The zero-order valence-electron chi connectivity index (χ0n) is 11.0. The molecule has 0 heterocycles. The molecule has 0 amide bonds. The molecule has 0 aliphatic carbocycles. The average Bonchev–Trinajstić information content (AvgIpc) is 2.39. The molecule has 1 N–H and O–H groups in total. The summed E-state index contributed by atoms with van der Waals surface area (Å²) in [6.07, 6.45) is 0. The molecule has 2 aromatic rings. The Labute approximate surface area is 148 Å². The van der Waals surface area contributed by atoms with Gasteiger partial charge in [-0.15, -0.1) is 0 Å². The molecule has 0 radical (unpaired) electrons. The van der Waals surface area contributed by atoms with Gasteiger partial charge in [0.05, 0.1) is 17.8 Å². The van der Waals surface area contributed by atoms with Gasteiger partial charge in [0.1, 0.15) is 16.5 Å². The van der Waals surface area contributed by atoms with Crippen LogP contribution in [0.1, 0.15) is 0 Å². The van der Waals surface area contributed by atoms with Gasteiger partial charge in [0.15, 0.2) is 0 Å². The lowest BCUT2D eigenvalue weighted by Crippen LogP contribution is -2.15. The fourth-order valence-electron chi connectivity index (χ4n) is 1.69. The summed E-state index contributed by atoms with van der Waals surface area (Å²) in [5.74, 6) is -0.128.